The molecule has 0 saturated carbocycles. The van der Waals surface area contributed by atoms with Gasteiger partial charge in [0.1, 0.15) is 6.10 Å². The molecular formula is C11H16N5O3S+. The fraction of sp³-hybridized carbons (Fsp3) is 0.545. The molecule has 0 bridgehead atoms. The molecule has 108 valence electrons. The van der Waals surface area contributed by atoms with E-state index in [0.29, 0.717) is 28.6 Å². The topological polar surface area (TPSA) is 121 Å². The zero-order valence-corrected chi connectivity index (χ0v) is 11.7. The predicted molar refractivity (Wildman–Crippen MR) is 71.9 cm³/mol. The van der Waals surface area contributed by atoms with E-state index in [9.17, 15) is 10.2 Å². The fourth-order valence-electron chi connectivity index (χ4n) is 2.39. The Kier molecular flexibility index (Phi) is 3.50. The number of anilines is 1. The molecule has 3 heterocycles. The van der Waals surface area contributed by atoms with Gasteiger partial charge >= 0.3 is 5.16 Å². The molecule has 3 atom stereocenters. The van der Waals surface area contributed by atoms with E-state index in [1.807, 2.05) is 6.26 Å². The Balaban J connectivity index is 2.08. The van der Waals surface area contributed by atoms with E-state index in [2.05, 4.69) is 15.0 Å². The van der Waals surface area contributed by atoms with Crippen molar-refractivity contribution >= 4 is 28.7 Å². The quantitative estimate of drug-likeness (QED) is 0.332. The average molecular weight is 298 g/mol. The Morgan fingerprint density at radius 2 is 2.45 bits per heavy atom. The molecule has 20 heavy (non-hydrogen) atoms. The van der Waals surface area contributed by atoms with Gasteiger partial charge in [-0.3, -0.25) is 0 Å². The molecule has 1 saturated heterocycles. The van der Waals surface area contributed by atoms with Gasteiger partial charge in [0.05, 0.1) is 19.0 Å². The lowest BCUT2D eigenvalue weighted by atomic mass is 10.2. The molecule has 0 radical (unpaired) electrons. The highest BCUT2D eigenvalue weighted by Crippen LogP contribution is 2.28. The number of hydrogen-bond acceptors (Lipinski definition) is 7. The highest BCUT2D eigenvalue weighted by molar-refractivity contribution is 7.98. The highest BCUT2D eigenvalue weighted by atomic mass is 32.2. The van der Waals surface area contributed by atoms with E-state index in [1.54, 1.807) is 4.57 Å². The minimum absolute atomic E-state index is 0.230. The molecule has 1 aliphatic heterocycles. The number of aliphatic hydroxyl groups is 2. The maximum atomic E-state index is 9.86. The molecule has 0 spiro atoms. The summed E-state index contributed by atoms with van der Waals surface area (Å²) in [6.07, 6.45) is 2.00. The van der Waals surface area contributed by atoms with Gasteiger partial charge in [-0.25, -0.2) is 4.98 Å². The van der Waals surface area contributed by atoms with Crippen LogP contribution in [0.25, 0.3) is 11.2 Å². The number of imidazole rings is 1. The van der Waals surface area contributed by atoms with Crippen LogP contribution < -0.4 is 10.3 Å². The SMILES string of the molecule is CSc1nc2nc[nH]c2c(N)[n+]1C1C[C@H](O)[C@@H](CO)O1. The van der Waals surface area contributed by atoms with E-state index in [1.165, 1.54) is 18.1 Å². The molecule has 0 amide bonds. The van der Waals surface area contributed by atoms with Crippen molar-refractivity contribution in [3.05, 3.63) is 6.33 Å². The summed E-state index contributed by atoms with van der Waals surface area (Å²) in [6.45, 7) is -0.230. The van der Waals surface area contributed by atoms with Crippen LogP contribution in [0.2, 0.25) is 0 Å². The number of hydrogen-bond donors (Lipinski definition) is 4. The molecule has 5 N–H and O–H groups in total. The van der Waals surface area contributed by atoms with Gasteiger partial charge in [0.25, 0.3) is 11.5 Å². The summed E-state index contributed by atoms with van der Waals surface area (Å²) >= 11 is 1.42. The first-order valence-corrected chi connectivity index (χ1v) is 7.40. The van der Waals surface area contributed by atoms with Gasteiger partial charge in [0.2, 0.25) is 0 Å². The normalized spacial score (nSPS) is 26.4. The number of fused-ring (bicyclic) bond motifs is 1. The van der Waals surface area contributed by atoms with Crippen LogP contribution in [0.15, 0.2) is 11.5 Å². The largest absolute Gasteiger partial charge is 0.394 e. The number of nitrogens with one attached hydrogen (secondary N) is 1. The van der Waals surface area contributed by atoms with Crippen LogP contribution in [-0.2, 0) is 4.74 Å². The highest BCUT2D eigenvalue weighted by Gasteiger charge is 2.39. The third-order valence-corrected chi connectivity index (χ3v) is 4.05. The van der Waals surface area contributed by atoms with E-state index >= 15 is 0 Å². The molecular weight excluding hydrogens is 282 g/mol. The van der Waals surface area contributed by atoms with E-state index < -0.39 is 18.4 Å². The summed E-state index contributed by atoms with van der Waals surface area (Å²) in [6, 6.07) is 0. The first kappa shape index (κ1) is 13.6. The van der Waals surface area contributed by atoms with Crippen LogP contribution in [-0.4, -0.2) is 50.2 Å². The molecule has 1 unspecified atom stereocenters. The maximum Gasteiger partial charge on any atom is 0.303 e. The standard InChI is InChI=1S/C11H15N5O3S/c1-20-11-15-10-8(13-4-14-10)9(12)16(11)7-2-5(18)6(3-17)19-7/h4-7,17-18H,2-3H2,1H3,(H2,12,13,14)/p+1/t5-,6+,7?/m0/s1. The lowest BCUT2D eigenvalue weighted by molar-refractivity contribution is -0.781. The molecule has 3 rings (SSSR count). The van der Waals surface area contributed by atoms with Crippen molar-refractivity contribution in [3.8, 4) is 0 Å². The zero-order chi connectivity index (χ0) is 14.3. The van der Waals surface area contributed by atoms with Gasteiger partial charge in [0, 0.05) is 6.42 Å². The fourth-order valence-corrected chi connectivity index (χ4v) is 2.98. The lowest BCUT2D eigenvalue weighted by Crippen LogP contribution is -2.45. The Bertz CT molecular complexity index is 634. The van der Waals surface area contributed by atoms with Crippen LogP contribution >= 0.6 is 11.8 Å². The van der Waals surface area contributed by atoms with Crippen LogP contribution in [0.4, 0.5) is 5.82 Å². The van der Waals surface area contributed by atoms with Crippen LogP contribution in [0.1, 0.15) is 12.6 Å². The van der Waals surface area contributed by atoms with Crippen molar-refractivity contribution in [2.24, 2.45) is 0 Å². The van der Waals surface area contributed by atoms with Gasteiger partial charge < -0.3 is 25.7 Å². The van der Waals surface area contributed by atoms with Gasteiger partial charge in [-0.2, -0.15) is 4.57 Å². The number of aromatic amines is 1. The molecule has 0 aliphatic carbocycles. The van der Waals surface area contributed by atoms with Crippen molar-refractivity contribution in [1.29, 1.82) is 0 Å². The molecule has 8 nitrogen and oxygen atoms in total. The number of nitrogens with two attached hydrogens (primary N) is 1. The molecule has 1 fully saturated rings. The summed E-state index contributed by atoms with van der Waals surface area (Å²) in [4.78, 5) is 11.5. The van der Waals surface area contributed by atoms with E-state index in [-0.39, 0.29) is 6.61 Å². The Morgan fingerprint density at radius 3 is 3.10 bits per heavy atom. The first-order valence-electron chi connectivity index (χ1n) is 6.18. The smallest absolute Gasteiger partial charge is 0.303 e. The second-order valence-corrected chi connectivity index (χ2v) is 5.34. The lowest BCUT2D eigenvalue weighted by Gasteiger charge is -2.14. The molecule has 2 aromatic heterocycles. The van der Waals surface area contributed by atoms with Crippen LogP contribution in [0.5, 0.6) is 0 Å². The van der Waals surface area contributed by atoms with Crippen LogP contribution in [0.3, 0.4) is 0 Å². The number of H-pyrrole nitrogens is 1. The molecule has 9 heteroatoms. The third kappa shape index (κ3) is 2.03. The van der Waals surface area contributed by atoms with E-state index in [0.717, 1.165) is 0 Å². The Hall–Kier alpha value is -1.42. The zero-order valence-electron chi connectivity index (χ0n) is 10.9. The molecule has 2 aromatic rings. The minimum Gasteiger partial charge on any atom is -0.394 e. The van der Waals surface area contributed by atoms with Gasteiger partial charge in [-0.15, -0.1) is 0 Å². The number of ether oxygens (including phenoxy) is 1. The number of rotatable bonds is 3. The number of aliphatic hydroxyl groups excluding tert-OH is 2. The van der Waals surface area contributed by atoms with Gasteiger partial charge in [-0.1, -0.05) is 16.7 Å². The number of nitrogen functional groups attached to an aromatic ring is 1. The summed E-state index contributed by atoms with van der Waals surface area (Å²) in [7, 11) is 0. The maximum absolute atomic E-state index is 9.86. The monoisotopic (exact) mass is 298 g/mol. The number of thioether (sulfide) groups is 1. The van der Waals surface area contributed by atoms with Crippen molar-refractivity contribution in [1.82, 2.24) is 15.0 Å². The average Bonchev–Trinajstić information content (AvgIpc) is 3.04. The van der Waals surface area contributed by atoms with Crippen molar-refractivity contribution in [2.45, 2.75) is 30.0 Å². The predicted octanol–water partition coefficient (Wildman–Crippen LogP) is -0.810. The Labute approximate surface area is 119 Å². The van der Waals surface area contributed by atoms with Crippen LogP contribution in [0, 0.1) is 0 Å². The molecule has 0 aromatic carbocycles. The second-order valence-electron chi connectivity index (χ2n) is 4.57. The van der Waals surface area contributed by atoms with Crippen molar-refractivity contribution in [2.75, 3.05) is 18.6 Å². The summed E-state index contributed by atoms with van der Waals surface area (Å²) in [5, 5.41) is 19.7. The van der Waals surface area contributed by atoms with Gasteiger partial charge in [-0.05, 0) is 6.26 Å². The Morgan fingerprint density at radius 1 is 1.65 bits per heavy atom. The second kappa shape index (κ2) is 5.17. The summed E-state index contributed by atoms with van der Waals surface area (Å²) < 4.78 is 7.38. The van der Waals surface area contributed by atoms with Gasteiger partial charge in [0.15, 0.2) is 11.7 Å². The summed E-state index contributed by atoms with van der Waals surface area (Å²) in [5.74, 6) is 0.452. The number of nitrogens with zero attached hydrogens (tertiary/aromatic N) is 3. The number of aromatic nitrogens is 4. The van der Waals surface area contributed by atoms with Crippen molar-refractivity contribution in [3.63, 3.8) is 0 Å². The first-order chi connectivity index (χ1) is 9.65. The van der Waals surface area contributed by atoms with E-state index in [4.69, 9.17) is 10.5 Å². The van der Waals surface area contributed by atoms with Crippen molar-refractivity contribution < 1.29 is 19.5 Å². The summed E-state index contributed by atoms with van der Waals surface area (Å²) in [5.41, 5.74) is 7.34. The minimum atomic E-state index is -0.718. The third-order valence-electron chi connectivity index (χ3n) is 3.40. The molecule has 1 aliphatic rings.